The molecule has 1 aliphatic carbocycles. The number of nitrogens with zero attached hydrogens (tertiary/aromatic N) is 1. The second-order valence-electron chi connectivity index (χ2n) is 5.13. The van der Waals surface area contributed by atoms with Gasteiger partial charge in [-0.15, -0.1) is 0 Å². The maximum atomic E-state index is 12.4. The highest BCUT2D eigenvalue weighted by Gasteiger charge is 2.24. The standard InChI is InChI=1S/C14H17N3O3S/c1-10-14(8-13(20-10)9-16-11-2-3-11)21(18,19)17-12-4-6-15-7-5-12/h4-8,11,16H,2-3,9H2,1H3,(H,15,17). The average molecular weight is 307 g/mol. The molecule has 2 aromatic rings. The van der Waals surface area contributed by atoms with Gasteiger partial charge in [0.2, 0.25) is 0 Å². The van der Waals surface area contributed by atoms with E-state index in [4.69, 9.17) is 4.42 Å². The fourth-order valence-electron chi connectivity index (χ4n) is 2.04. The number of sulfonamides is 1. The minimum atomic E-state index is -3.65. The number of hydrogen-bond acceptors (Lipinski definition) is 5. The second-order valence-corrected chi connectivity index (χ2v) is 6.78. The molecule has 0 saturated heterocycles. The van der Waals surface area contributed by atoms with E-state index in [2.05, 4.69) is 15.0 Å². The van der Waals surface area contributed by atoms with Crippen molar-refractivity contribution in [1.29, 1.82) is 0 Å². The van der Waals surface area contributed by atoms with E-state index in [1.165, 1.54) is 25.2 Å². The molecule has 6 nitrogen and oxygen atoms in total. The molecule has 2 aromatic heterocycles. The Morgan fingerprint density at radius 1 is 1.33 bits per heavy atom. The zero-order valence-corrected chi connectivity index (χ0v) is 12.5. The van der Waals surface area contributed by atoms with E-state index in [1.54, 1.807) is 25.1 Å². The Hall–Kier alpha value is -1.86. The first-order valence-electron chi connectivity index (χ1n) is 6.80. The Morgan fingerprint density at radius 3 is 2.71 bits per heavy atom. The summed E-state index contributed by atoms with van der Waals surface area (Å²) in [7, 11) is -3.65. The third kappa shape index (κ3) is 3.43. The van der Waals surface area contributed by atoms with Crippen molar-refractivity contribution in [3.63, 3.8) is 0 Å². The number of rotatable bonds is 6. The van der Waals surface area contributed by atoms with Gasteiger partial charge in [0.15, 0.2) is 0 Å². The molecule has 0 aromatic carbocycles. The maximum absolute atomic E-state index is 12.4. The Kier molecular flexibility index (Phi) is 3.69. The smallest absolute Gasteiger partial charge is 0.265 e. The number of nitrogens with one attached hydrogen (secondary N) is 2. The molecule has 0 radical (unpaired) electrons. The summed E-state index contributed by atoms with van der Waals surface area (Å²) in [6.07, 6.45) is 5.42. The predicted octanol–water partition coefficient (Wildman–Crippen LogP) is 2.04. The minimum absolute atomic E-state index is 0.173. The van der Waals surface area contributed by atoms with Crippen molar-refractivity contribution < 1.29 is 12.8 Å². The van der Waals surface area contributed by atoms with E-state index in [0.717, 1.165) is 0 Å². The van der Waals surface area contributed by atoms with Crippen molar-refractivity contribution in [2.75, 3.05) is 4.72 Å². The largest absolute Gasteiger partial charge is 0.464 e. The van der Waals surface area contributed by atoms with Crippen LogP contribution in [-0.4, -0.2) is 19.4 Å². The molecule has 112 valence electrons. The number of furan rings is 1. The van der Waals surface area contributed by atoms with Crippen LogP contribution in [0.4, 0.5) is 5.69 Å². The van der Waals surface area contributed by atoms with E-state index >= 15 is 0 Å². The van der Waals surface area contributed by atoms with Gasteiger partial charge in [0.1, 0.15) is 16.4 Å². The Balaban J connectivity index is 1.77. The molecular weight excluding hydrogens is 290 g/mol. The SMILES string of the molecule is Cc1oc(CNC2CC2)cc1S(=O)(=O)Nc1ccncc1. The van der Waals surface area contributed by atoms with Crippen molar-refractivity contribution in [1.82, 2.24) is 10.3 Å². The van der Waals surface area contributed by atoms with Gasteiger partial charge in [-0.1, -0.05) is 0 Å². The topological polar surface area (TPSA) is 84.2 Å². The molecule has 1 saturated carbocycles. The predicted molar refractivity (Wildman–Crippen MR) is 78.4 cm³/mol. The molecule has 0 atom stereocenters. The van der Waals surface area contributed by atoms with Gasteiger partial charge < -0.3 is 9.73 Å². The summed E-state index contributed by atoms with van der Waals surface area (Å²) in [5.41, 5.74) is 0.475. The minimum Gasteiger partial charge on any atom is -0.464 e. The molecule has 0 spiro atoms. The van der Waals surface area contributed by atoms with Gasteiger partial charge >= 0.3 is 0 Å². The average Bonchev–Trinajstić information content (AvgIpc) is 3.19. The summed E-state index contributed by atoms with van der Waals surface area (Å²) in [5.74, 6) is 1.03. The number of aromatic nitrogens is 1. The van der Waals surface area contributed by atoms with E-state index in [9.17, 15) is 8.42 Å². The molecule has 2 heterocycles. The summed E-state index contributed by atoms with van der Waals surface area (Å²) >= 11 is 0. The summed E-state index contributed by atoms with van der Waals surface area (Å²) in [6.45, 7) is 2.21. The summed E-state index contributed by atoms with van der Waals surface area (Å²) < 4.78 is 32.8. The fraction of sp³-hybridized carbons (Fsp3) is 0.357. The molecule has 21 heavy (non-hydrogen) atoms. The number of aryl methyl sites for hydroxylation is 1. The lowest BCUT2D eigenvalue weighted by molar-refractivity contribution is 0.456. The van der Waals surface area contributed by atoms with Crippen molar-refractivity contribution in [2.24, 2.45) is 0 Å². The lowest BCUT2D eigenvalue weighted by Crippen LogP contribution is -2.15. The van der Waals surface area contributed by atoms with Gasteiger partial charge in [-0.25, -0.2) is 8.42 Å². The van der Waals surface area contributed by atoms with Gasteiger partial charge in [0.05, 0.1) is 12.2 Å². The molecule has 1 fully saturated rings. The molecule has 0 amide bonds. The molecule has 0 aliphatic heterocycles. The van der Waals surface area contributed by atoms with Crippen LogP contribution < -0.4 is 10.0 Å². The molecule has 1 aliphatic rings. The first-order valence-corrected chi connectivity index (χ1v) is 8.28. The number of pyridine rings is 1. The fourth-order valence-corrected chi connectivity index (χ4v) is 3.30. The van der Waals surface area contributed by atoms with Crippen LogP contribution in [0.2, 0.25) is 0 Å². The highest BCUT2D eigenvalue weighted by atomic mass is 32.2. The first-order chi connectivity index (χ1) is 10.0. The van der Waals surface area contributed by atoms with Crippen molar-refractivity contribution >= 4 is 15.7 Å². The zero-order chi connectivity index (χ0) is 14.9. The zero-order valence-electron chi connectivity index (χ0n) is 11.7. The molecule has 7 heteroatoms. The molecular formula is C14H17N3O3S. The maximum Gasteiger partial charge on any atom is 0.265 e. The van der Waals surface area contributed by atoms with Gasteiger partial charge in [0.25, 0.3) is 10.0 Å². The van der Waals surface area contributed by atoms with Crippen LogP contribution >= 0.6 is 0 Å². The van der Waals surface area contributed by atoms with Crippen LogP contribution in [0.1, 0.15) is 24.4 Å². The van der Waals surface area contributed by atoms with Crippen molar-refractivity contribution in [3.8, 4) is 0 Å². The summed E-state index contributed by atoms with van der Waals surface area (Å²) in [4.78, 5) is 4.03. The summed E-state index contributed by atoms with van der Waals surface area (Å²) in [6, 6.07) is 5.32. The molecule has 0 unspecified atom stereocenters. The van der Waals surface area contributed by atoms with Crippen LogP contribution in [0, 0.1) is 6.92 Å². The van der Waals surface area contributed by atoms with Crippen LogP contribution in [-0.2, 0) is 16.6 Å². The van der Waals surface area contributed by atoms with E-state index in [0.29, 0.717) is 29.8 Å². The highest BCUT2D eigenvalue weighted by Crippen LogP contribution is 2.24. The third-order valence-corrected chi connectivity index (χ3v) is 4.78. The first kappa shape index (κ1) is 14.1. The van der Waals surface area contributed by atoms with Crippen LogP contribution in [0.15, 0.2) is 39.9 Å². The molecule has 0 bridgehead atoms. The third-order valence-electron chi connectivity index (χ3n) is 3.29. The van der Waals surface area contributed by atoms with Gasteiger partial charge in [-0.3, -0.25) is 9.71 Å². The van der Waals surface area contributed by atoms with E-state index in [1.807, 2.05) is 0 Å². The number of anilines is 1. The van der Waals surface area contributed by atoms with Crippen LogP contribution in [0.25, 0.3) is 0 Å². The lowest BCUT2D eigenvalue weighted by atomic mass is 10.4. The van der Waals surface area contributed by atoms with Gasteiger partial charge in [0, 0.05) is 24.5 Å². The monoisotopic (exact) mass is 307 g/mol. The second kappa shape index (κ2) is 5.50. The Bertz CT molecular complexity index is 721. The Morgan fingerprint density at radius 2 is 2.05 bits per heavy atom. The van der Waals surface area contributed by atoms with Crippen LogP contribution in [0.5, 0.6) is 0 Å². The number of hydrogen-bond donors (Lipinski definition) is 2. The van der Waals surface area contributed by atoms with Gasteiger partial charge in [-0.2, -0.15) is 0 Å². The van der Waals surface area contributed by atoms with Gasteiger partial charge in [-0.05, 0) is 31.9 Å². The van der Waals surface area contributed by atoms with E-state index in [-0.39, 0.29) is 4.90 Å². The summed E-state index contributed by atoms with van der Waals surface area (Å²) in [5, 5.41) is 3.30. The Labute approximate surface area is 123 Å². The van der Waals surface area contributed by atoms with Crippen molar-refractivity contribution in [2.45, 2.75) is 37.2 Å². The quantitative estimate of drug-likeness (QED) is 0.853. The van der Waals surface area contributed by atoms with Crippen molar-refractivity contribution in [3.05, 3.63) is 42.1 Å². The molecule has 2 N–H and O–H groups in total. The van der Waals surface area contributed by atoms with Crippen LogP contribution in [0.3, 0.4) is 0 Å². The van der Waals surface area contributed by atoms with E-state index < -0.39 is 10.0 Å². The highest BCUT2D eigenvalue weighted by molar-refractivity contribution is 7.92. The molecule has 3 rings (SSSR count). The normalized spacial score (nSPS) is 15.1. The lowest BCUT2D eigenvalue weighted by Gasteiger charge is -2.05.